The minimum atomic E-state index is -0.355. The lowest BCUT2D eigenvalue weighted by Gasteiger charge is -2.13. The van der Waals surface area contributed by atoms with E-state index in [0.717, 1.165) is 8.47 Å². The summed E-state index contributed by atoms with van der Waals surface area (Å²) in [5.41, 5.74) is -0.709. The van der Waals surface area contributed by atoms with Crippen molar-refractivity contribution in [1.29, 1.82) is 0 Å². The van der Waals surface area contributed by atoms with Crippen LogP contribution in [0.2, 0.25) is 0 Å². The van der Waals surface area contributed by atoms with Crippen molar-refractivity contribution >= 4 is 44.9 Å². The lowest BCUT2D eigenvalue weighted by molar-refractivity contribution is -0.122. The number of rotatable bonds is 2. The van der Waals surface area contributed by atoms with Crippen LogP contribution in [0.15, 0.2) is 20.6 Å². The highest BCUT2D eigenvalue weighted by atomic mass is 33.1. The molecule has 1 aliphatic heterocycles. The number of allylic oxidation sites excluding steroid dienone is 2. The highest BCUT2D eigenvalue weighted by Crippen LogP contribution is 2.57. The zero-order valence-electron chi connectivity index (χ0n) is 12.2. The molecular formula is C14H20O2S3. The molecule has 0 aromatic heterocycles. The third kappa shape index (κ3) is 5.40. The zero-order chi connectivity index (χ0) is 14.8. The van der Waals surface area contributed by atoms with E-state index in [1.807, 2.05) is 41.5 Å². The van der Waals surface area contributed by atoms with Crippen molar-refractivity contribution in [3.8, 4) is 0 Å². The summed E-state index contributed by atoms with van der Waals surface area (Å²) in [4.78, 5) is 23.8. The van der Waals surface area contributed by atoms with Crippen LogP contribution in [-0.2, 0) is 9.59 Å². The molecule has 19 heavy (non-hydrogen) atoms. The molecule has 106 valence electrons. The summed E-state index contributed by atoms with van der Waals surface area (Å²) in [5.74, 6) is 0.234. The Morgan fingerprint density at radius 1 is 0.789 bits per heavy atom. The van der Waals surface area contributed by atoms with E-state index in [1.54, 1.807) is 33.7 Å². The van der Waals surface area contributed by atoms with Crippen LogP contribution in [0, 0.1) is 10.8 Å². The van der Waals surface area contributed by atoms with Crippen LogP contribution in [0.5, 0.6) is 0 Å². The molecule has 0 saturated carbocycles. The van der Waals surface area contributed by atoms with Crippen LogP contribution >= 0.6 is 33.3 Å². The molecule has 0 N–H and O–H groups in total. The molecule has 0 amide bonds. The summed E-state index contributed by atoms with van der Waals surface area (Å²) < 4.78 is 1.91. The summed E-state index contributed by atoms with van der Waals surface area (Å²) in [7, 11) is 3.09. The lowest BCUT2D eigenvalue weighted by atomic mass is 9.91. The lowest BCUT2D eigenvalue weighted by Crippen LogP contribution is -2.17. The van der Waals surface area contributed by atoms with Crippen molar-refractivity contribution < 1.29 is 9.59 Å². The fraction of sp³-hybridized carbons (Fsp3) is 0.571. The number of carbonyl (C=O) groups is 2. The molecule has 1 rings (SSSR count). The monoisotopic (exact) mass is 316 g/mol. The third-order valence-corrected chi connectivity index (χ3v) is 6.63. The second-order valence-corrected chi connectivity index (χ2v) is 10.2. The fourth-order valence-electron chi connectivity index (χ4n) is 0.969. The highest BCUT2D eigenvalue weighted by molar-refractivity contribution is 8.86. The molecule has 1 heterocycles. The maximum absolute atomic E-state index is 11.9. The number of thioether (sulfide) groups is 1. The average molecular weight is 317 g/mol. The van der Waals surface area contributed by atoms with Crippen LogP contribution in [0.4, 0.5) is 0 Å². The Balaban J connectivity index is 2.75. The quantitative estimate of drug-likeness (QED) is 0.527. The van der Waals surface area contributed by atoms with Crippen molar-refractivity contribution in [2.45, 2.75) is 41.5 Å². The number of ketones is 2. The summed E-state index contributed by atoms with van der Waals surface area (Å²) in [6.45, 7) is 11.4. The molecular weight excluding hydrogens is 296 g/mol. The Morgan fingerprint density at radius 2 is 1.11 bits per heavy atom. The van der Waals surface area contributed by atoms with E-state index in [9.17, 15) is 9.59 Å². The summed E-state index contributed by atoms with van der Waals surface area (Å²) in [6, 6.07) is 0. The van der Waals surface area contributed by atoms with Crippen LogP contribution in [-0.4, -0.2) is 11.6 Å². The van der Waals surface area contributed by atoms with E-state index < -0.39 is 0 Å². The minimum Gasteiger partial charge on any atom is -0.294 e. The van der Waals surface area contributed by atoms with Gasteiger partial charge < -0.3 is 0 Å². The summed E-state index contributed by atoms with van der Waals surface area (Å²) in [5, 5.41) is 0. The van der Waals surface area contributed by atoms with Gasteiger partial charge in [0.25, 0.3) is 0 Å². The molecule has 0 aromatic carbocycles. The van der Waals surface area contributed by atoms with Crippen LogP contribution in [0.25, 0.3) is 0 Å². The van der Waals surface area contributed by atoms with Gasteiger partial charge in [-0.3, -0.25) is 9.59 Å². The maximum atomic E-state index is 11.9. The van der Waals surface area contributed by atoms with Gasteiger partial charge in [0.15, 0.2) is 11.6 Å². The third-order valence-electron chi connectivity index (χ3n) is 2.38. The van der Waals surface area contributed by atoms with Gasteiger partial charge in [0.05, 0.1) is 8.47 Å². The topological polar surface area (TPSA) is 34.1 Å². The minimum absolute atomic E-state index is 0.117. The van der Waals surface area contributed by atoms with E-state index in [1.165, 1.54) is 11.8 Å². The average Bonchev–Trinajstić information content (AvgIpc) is 2.62. The van der Waals surface area contributed by atoms with Crippen molar-refractivity contribution in [1.82, 2.24) is 0 Å². The predicted molar refractivity (Wildman–Crippen MR) is 87.9 cm³/mol. The largest absolute Gasteiger partial charge is 0.294 e. The van der Waals surface area contributed by atoms with Crippen LogP contribution in [0.1, 0.15) is 41.5 Å². The Hall–Kier alpha value is -0.130. The Bertz CT molecular complexity index is 406. The van der Waals surface area contributed by atoms with Crippen molar-refractivity contribution in [2.75, 3.05) is 0 Å². The smallest absolute Gasteiger partial charge is 0.162 e. The molecule has 2 nitrogen and oxygen atoms in total. The SMILES string of the molecule is CC(C)(C)C(=O)C=C1SSC(=CC(=O)C(C)(C)C)S1. The molecule has 0 unspecified atom stereocenters. The number of carbonyl (C=O) groups excluding carboxylic acids is 2. The molecule has 0 atom stereocenters. The number of hydrogen-bond acceptors (Lipinski definition) is 5. The Labute approximate surface area is 127 Å². The van der Waals surface area contributed by atoms with E-state index in [0.29, 0.717) is 0 Å². The number of hydrogen-bond donors (Lipinski definition) is 0. The van der Waals surface area contributed by atoms with Gasteiger partial charge in [-0.15, -0.1) is 0 Å². The summed E-state index contributed by atoms with van der Waals surface area (Å²) >= 11 is 1.51. The first-order valence-electron chi connectivity index (χ1n) is 6.05. The van der Waals surface area contributed by atoms with Gasteiger partial charge in [0, 0.05) is 23.0 Å². The molecule has 0 aliphatic carbocycles. The van der Waals surface area contributed by atoms with E-state index in [2.05, 4.69) is 0 Å². The highest BCUT2D eigenvalue weighted by Gasteiger charge is 2.25. The molecule has 1 saturated heterocycles. The van der Waals surface area contributed by atoms with Gasteiger partial charge in [-0.2, -0.15) is 0 Å². The Morgan fingerprint density at radius 3 is 1.37 bits per heavy atom. The second kappa shape index (κ2) is 6.10. The molecule has 1 aliphatic rings. The predicted octanol–water partition coefficient (Wildman–Crippen LogP) is 5.03. The van der Waals surface area contributed by atoms with Gasteiger partial charge in [-0.05, 0) is 21.6 Å². The Kier molecular flexibility index (Phi) is 5.43. The normalized spacial score (nSPS) is 21.2. The van der Waals surface area contributed by atoms with Gasteiger partial charge in [-0.25, -0.2) is 0 Å². The fourth-order valence-corrected chi connectivity index (χ4v) is 4.95. The molecule has 1 fully saturated rings. The van der Waals surface area contributed by atoms with Gasteiger partial charge in [0.1, 0.15) is 0 Å². The van der Waals surface area contributed by atoms with Crippen molar-refractivity contribution in [3.63, 3.8) is 0 Å². The second-order valence-electron chi connectivity index (χ2n) is 6.42. The van der Waals surface area contributed by atoms with E-state index in [4.69, 9.17) is 0 Å². The molecule has 0 aromatic rings. The first-order chi connectivity index (χ1) is 8.50. The first kappa shape index (κ1) is 16.9. The molecule has 0 radical (unpaired) electrons. The summed E-state index contributed by atoms with van der Waals surface area (Å²) in [6.07, 6.45) is 3.37. The first-order valence-corrected chi connectivity index (χ1v) is 9.01. The molecule has 0 spiro atoms. The van der Waals surface area contributed by atoms with Crippen LogP contribution in [0.3, 0.4) is 0 Å². The molecule has 0 bridgehead atoms. The van der Waals surface area contributed by atoms with Crippen molar-refractivity contribution in [3.05, 3.63) is 20.6 Å². The standard InChI is InChI=1S/C14H20O2S3/c1-13(2,3)9(15)7-11-17-12(19-18-11)8-10(16)14(4,5)6/h7-8H,1-6H3. The maximum Gasteiger partial charge on any atom is 0.162 e. The molecule has 5 heteroatoms. The van der Waals surface area contributed by atoms with E-state index >= 15 is 0 Å². The van der Waals surface area contributed by atoms with Gasteiger partial charge >= 0.3 is 0 Å². The van der Waals surface area contributed by atoms with Gasteiger partial charge in [-0.1, -0.05) is 53.3 Å². The van der Waals surface area contributed by atoms with Gasteiger partial charge in [0.2, 0.25) is 0 Å². The van der Waals surface area contributed by atoms with E-state index in [-0.39, 0.29) is 22.4 Å². The van der Waals surface area contributed by atoms with Crippen molar-refractivity contribution in [2.24, 2.45) is 10.8 Å². The van der Waals surface area contributed by atoms with Crippen LogP contribution < -0.4 is 0 Å². The zero-order valence-corrected chi connectivity index (χ0v) is 14.6.